The summed E-state index contributed by atoms with van der Waals surface area (Å²) < 4.78 is 0. The van der Waals surface area contributed by atoms with Crippen LogP contribution in [-0.2, 0) is 6.42 Å². The van der Waals surface area contributed by atoms with E-state index in [0.29, 0.717) is 5.92 Å². The van der Waals surface area contributed by atoms with Crippen LogP contribution in [0.2, 0.25) is 0 Å². The molecule has 0 saturated carbocycles. The minimum Gasteiger partial charge on any atom is -0.250 e. The van der Waals surface area contributed by atoms with Crippen molar-refractivity contribution < 1.29 is 0 Å². The number of benzene rings is 1. The van der Waals surface area contributed by atoms with Crippen molar-refractivity contribution in [2.45, 2.75) is 19.3 Å². The lowest BCUT2D eigenvalue weighted by Crippen LogP contribution is -2.06. The van der Waals surface area contributed by atoms with Crippen LogP contribution in [0, 0.1) is 6.92 Å². The summed E-state index contributed by atoms with van der Waals surface area (Å²) in [5.41, 5.74) is 5.88. The molecule has 1 atom stereocenters. The predicted molar refractivity (Wildman–Crippen MR) is 73.5 cm³/mol. The Hall–Kier alpha value is -0.670. The van der Waals surface area contributed by atoms with Gasteiger partial charge in [-0.25, -0.2) is 4.98 Å². The molecule has 0 saturated heterocycles. The minimum atomic E-state index is 0.517. The number of hydrogen-bond acceptors (Lipinski definition) is 2. The number of nitrogens with zero attached hydrogens (tertiary/aromatic N) is 1. The number of aromatic nitrogens is 1. The van der Waals surface area contributed by atoms with E-state index in [0.717, 1.165) is 11.8 Å². The number of alkyl halides is 1. The van der Waals surface area contributed by atoms with Gasteiger partial charge < -0.3 is 0 Å². The van der Waals surface area contributed by atoms with Gasteiger partial charge in [0.15, 0.2) is 0 Å². The van der Waals surface area contributed by atoms with Crippen molar-refractivity contribution in [1.82, 2.24) is 4.98 Å². The standard InChI is InChI=1S/C13H14BrNS/c1-10-4-2-3-5-13(10)11(7-14)6-12-8-16-9-15-12/h2-5,8-9,11H,6-7H2,1H3. The smallest absolute Gasteiger partial charge is 0.0794 e. The zero-order valence-electron chi connectivity index (χ0n) is 9.19. The van der Waals surface area contributed by atoms with Crippen molar-refractivity contribution in [2.24, 2.45) is 0 Å². The topological polar surface area (TPSA) is 12.9 Å². The number of halogens is 1. The van der Waals surface area contributed by atoms with Gasteiger partial charge in [0, 0.05) is 10.7 Å². The lowest BCUT2D eigenvalue weighted by molar-refractivity contribution is 0.754. The second-order valence-electron chi connectivity index (χ2n) is 3.89. The first-order valence-electron chi connectivity index (χ1n) is 5.30. The van der Waals surface area contributed by atoms with E-state index in [1.54, 1.807) is 11.3 Å². The molecule has 0 aliphatic heterocycles. The molecule has 3 heteroatoms. The van der Waals surface area contributed by atoms with E-state index in [4.69, 9.17) is 0 Å². The van der Waals surface area contributed by atoms with E-state index < -0.39 is 0 Å². The summed E-state index contributed by atoms with van der Waals surface area (Å²) in [6.45, 7) is 2.17. The van der Waals surface area contributed by atoms with Gasteiger partial charge in [0.1, 0.15) is 0 Å². The van der Waals surface area contributed by atoms with Gasteiger partial charge >= 0.3 is 0 Å². The first-order chi connectivity index (χ1) is 7.81. The van der Waals surface area contributed by atoms with Crippen LogP contribution in [-0.4, -0.2) is 10.3 Å². The summed E-state index contributed by atoms with van der Waals surface area (Å²) in [7, 11) is 0. The molecule has 1 aromatic heterocycles. The molecule has 0 aliphatic rings. The highest BCUT2D eigenvalue weighted by atomic mass is 79.9. The van der Waals surface area contributed by atoms with Crippen molar-refractivity contribution in [3.8, 4) is 0 Å². The molecule has 16 heavy (non-hydrogen) atoms. The van der Waals surface area contributed by atoms with E-state index in [9.17, 15) is 0 Å². The van der Waals surface area contributed by atoms with Gasteiger partial charge in [0.05, 0.1) is 11.2 Å². The molecular formula is C13H14BrNS. The SMILES string of the molecule is Cc1ccccc1C(CBr)Cc1cscn1. The molecule has 0 N–H and O–H groups in total. The molecule has 0 amide bonds. The second kappa shape index (κ2) is 5.60. The fourth-order valence-electron chi connectivity index (χ4n) is 1.88. The van der Waals surface area contributed by atoms with Crippen LogP contribution in [0.3, 0.4) is 0 Å². The lowest BCUT2D eigenvalue weighted by Gasteiger charge is -2.15. The summed E-state index contributed by atoms with van der Waals surface area (Å²) in [5, 5.41) is 3.11. The molecule has 1 aromatic carbocycles. The largest absolute Gasteiger partial charge is 0.250 e. The molecule has 0 spiro atoms. The van der Waals surface area contributed by atoms with Crippen LogP contribution in [0.15, 0.2) is 35.2 Å². The van der Waals surface area contributed by atoms with Gasteiger partial charge in [0.2, 0.25) is 0 Å². The number of thiazole rings is 1. The Bertz CT molecular complexity index is 439. The van der Waals surface area contributed by atoms with Crippen molar-refractivity contribution in [3.05, 3.63) is 52.0 Å². The van der Waals surface area contributed by atoms with Gasteiger partial charge in [-0.15, -0.1) is 11.3 Å². The highest BCUT2D eigenvalue weighted by molar-refractivity contribution is 9.09. The summed E-state index contributed by atoms with van der Waals surface area (Å²) in [5.74, 6) is 0.517. The Kier molecular flexibility index (Phi) is 4.13. The Labute approximate surface area is 109 Å². The van der Waals surface area contributed by atoms with E-state index in [1.807, 2.05) is 5.51 Å². The van der Waals surface area contributed by atoms with Crippen LogP contribution >= 0.6 is 27.3 Å². The summed E-state index contributed by atoms with van der Waals surface area (Å²) in [6.07, 6.45) is 1.01. The zero-order chi connectivity index (χ0) is 11.4. The van der Waals surface area contributed by atoms with E-state index in [2.05, 4.69) is 57.5 Å². The van der Waals surface area contributed by atoms with Crippen molar-refractivity contribution in [2.75, 3.05) is 5.33 Å². The van der Waals surface area contributed by atoms with Gasteiger partial charge in [0.25, 0.3) is 0 Å². The molecule has 0 bridgehead atoms. The van der Waals surface area contributed by atoms with Crippen LogP contribution in [0.5, 0.6) is 0 Å². The molecule has 1 heterocycles. The Morgan fingerprint density at radius 2 is 2.19 bits per heavy atom. The van der Waals surface area contributed by atoms with E-state index in [-0.39, 0.29) is 0 Å². The third kappa shape index (κ3) is 2.71. The highest BCUT2D eigenvalue weighted by Crippen LogP contribution is 2.25. The number of rotatable bonds is 4. The summed E-state index contributed by atoms with van der Waals surface area (Å²) >= 11 is 5.27. The van der Waals surface area contributed by atoms with Gasteiger partial charge in [-0.1, -0.05) is 40.2 Å². The maximum atomic E-state index is 4.36. The van der Waals surface area contributed by atoms with Crippen LogP contribution in [0.4, 0.5) is 0 Å². The molecule has 1 unspecified atom stereocenters. The zero-order valence-corrected chi connectivity index (χ0v) is 11.6. The van der Waals surface area contributed by atoms with Crippen molar-refractivity contribution in [1.29, 1.82) is 0 Å². The molecule has 1 nitrogen and oxygen atoms in total. The van der Waals surface area contributed by atoms with Gasteiger partial charge in [-0.2, -0.15) is 0 Å². The molecule has 84 valence electrons. The van der Waals surface area contributed by atoms with Gasteiger partial charge in [-0.05, 0) is 30.4 Å². The fraction of sp³-hybridized carbons (Fsp3) is 0.308. The fourth-order valence-corrected chi connectivity index (χ4v) is 3.03. The first-order valence-corrected chi connectivity index (χ1v) is 7.36. The van der Waals surface area contributed by atoms with E-state index in [1.165, 1.54) is 16.8 Å². The molecule has 0 fully saturated rings. The Morgan fingerprint density at radius 3 is 2.81 bits per heavy atom. The average molecular weight is 296 g/mol. The Morgan fingerprint density at radius 1 is 1.38 bits per heavy atom. The molecule has 0 radical (unpaired) electrons. The maximum absolute atomic E-state index is 4.36. The quantitative estimate of drug-likeness (QED) is 0.772. The van der Waals surface area contributed by atoms with Crippen molar-refractivity contribution in [3.63, 3.8) is 0 Å². The van der Waals surface area contributed by atoms with Crippen LogP contribution < -0.4 is 0 Å². The van der Waals surface area contributed by atoms with Crippen LogP contribution in [0.1, 0.15) is 22.7 Å². The molecular weight excluding hydrogens is 282 g/mol. The summed E-state index contributed by atoms with van der Waals surface area (Å²) in [6, 6.07) is 8.59. The third-order valence-electron chi connectivity index (χ3n) is 2.75. The second-order valence-corrected chi connectivity index (χ2v) is 5.26. The average Bonchev–Trinajstić information content (AvgIpc) is 2.80. The number of aryl methyl sites for hydroxylation is 1. The third-order valence-corrected chi connectivity index (χ3v) is 4.17. The molecule has 2 rings (SSSR count). The highest BCUT2D eigenvalue weighted by Gasteiger charge is 2.13. The molecule has 2 aromatic rings. The maximum Gasteiger partial charge on any atom is 0.0794 e. The predicted octanol–water partition coefficient (Wildman–Crippen LogP) is 4.17. The number of hydrogen-bond donors (Lipinski definition) is 0. The van der Waals surface area contributed by atoms with Crippen LogP contribution in [0.25, 0.3) is 0 Å². The van der Waals surface area contributed by atoms with E-state index >= 15 is 0 Å². The normalized spacial score (nSPS) is 12.6. The van der Waals surface area contributed by atoms with Crippen molar-refractivity contribution >= 4 is 27.3 Å². The first kappa shape index (κ1) is 11.8. The lowest BCUT2D eigenvalue weighted by atomic mass is 9.93. The summed E-state index contributed by atoms with van der Waals surface area (Å²) in [4.78, 5) is 4.36. The minimum absolute atomic E-state index is 0.517. The molecule has 0 aliphatic carbocycles. The van der Waals surface area contributed by atoms with Gasteiger partial charge in [-0.3, -0.25) is 0 Å². The monoisotopic (exact) mass is 295 g/mol. The Balaban J connectivity index is 2.20.